The number of hydrogen-bond donors (Lipinski definition) is 0. The summed E-state index contributed by atoms with van der Waals surface area (Å²) in [4.78, 5) is 15.7. The Balaban J connectivity index is 2.24. The molecule has 110 valence electrons. The summed E-state index contributed by atoms with van der Waals surface area (Å²) < 4.78 is 6.93. The van der Waals surface area contributed by atoms with E-state index in [0.29, 0.717) is 23.8 Å². The van der Waals surface area contributed by atoms with Crippen LogP contribution in [-0.2, 0) is 0 Å². The quantitative estimate of drug-likeness (QED) is 0.684. The largest absolute Gasteiger partial charge is 0.455 e. The van der Waals surface area contributed by atoms with Gasteiger partial charge in [-0.2, -0.15) is 0 Å². The number of Topliss-reactive ketones (excluding diaryl/α,β-unsaturated/α-hetero) is 1. The van der Waals surface area contributed by atoms with Crippen LogP contribution in [0.4, 0.5) is 0 Å². The Hall–Kier alpha value is -1.68. The van der Waals surface area contributed by atoms with Crippen LogP contribution in [0.3, 0.4) is 0 Å². The molecule has 1 heterocycles. The molecule has 0 amide bonds. The summed E-state index contributed by atoms with van der Waals surface area (Å²) in [6.45, 7) is 6.07. The van der Waals surface area contributed by atoms with Crippen molar-refractivity contribution < 1.29 is 9.53 Å². The third-order valence-electron chi connectivity index (χ3n) is 3.16. The second-order valence-electron chi connectivity index (χ2n) is 5.09. The number of carbonyl (C=O) groups is 1. The maximum atomic E-state index is 11.6. The van der Waals surface area contributed by atoms with Gasteiger partial charge < -0.3 is 4.74 Å². The van der Waals surface area contributed by atoms with Gasteiger partial charge in [-0.15, -0.1) is 0 Å². The fourth-order valence-electron chi connectivity index (χ4n) is 1.98. The molecule has 1 aromatic carbocycles. The fraction of sp³-hybridized carbons (Fsp3) is 0.294. The van der Waals surface area contributed by atoms with E-state index in [1.807, 2.05) is 19.1 Å². The molecule has 0 spiro atoms. The van der Waals surface area contributed by atoms with Crippen LogP contribution < -0.4 is 4.74 Å². The number of nitrogens with zero attached hydrogens (tertiary/aromatic N) is 1. The molecule has 0 saturated heterocycles. The van der Waals surface area contributed by atoms with Gasteiger partial charge in [0, 0.05) is 10.9 Å². The van der Waals surface area contributed by atoms with Crippen molar-refractivity contribution in [3.8, 4) is 11.5 Å². The summed E-state index contributed by atoms with van der Waals surface area (Å²) in [5.41, 5.74) is 1.60. The number of halogens is 1. The molecule has 0 unspecified atom stereocenters. The summed E-state index contributed by atoms with van der Waals surface area (Å²) in [6, 6.07) is 9.42. The molecule has 0 radical (unpaired) electrons. The summed E-state index contributed by atoms with van der Waals surface area (Å²) in [6.07, 6.45) is 2.05. The summed E-state index contributed by atoms with van der Waals surface area (Å²) in [5, 5.41) is 0. The van der Waals surface area contributed by atoms with Crippen LogP contribution in [0.5, 0.6) is 11.5 Å². The van der Waals surface area contributed by atoms with Crippen LogP contribution in [0.2, 0.25) is 0 Å². The Morgan fingerprint density at radius 3 is 2.62 bits per heavy atom. The first-order valence-electron chi connectivity index (χ1n) is 6.97. The van der Waals surface area contributed by atoms with Crippen LogP contribution in [-0.4, -0.2) is 10.8 Å². The van der Waals surface area contributed by atoms with Crippen LogP contribution in [0.1, 0.15) is 49.2 Å². The zero-order chi connectivity index (χ0) is 15.4. The van der Waals surface area contributed by atoms with Gasteiger partial charge in [-0.3, -0.25) is 4.79 Å². The molecule has 2 rings (SSSR count). The Kier molecular flexibility index (Phi) is 5.12. The Morgan fingerprint density at radius 2 is 2.05 bits per heavy atom. The predicted molar refractivity (Wildman–Crippen MR) is 87.2 cm³/mol. The molecule has 21 heavy (non-hydrogen) atoms. The normalized spacial score (nSPS) is 10.7. The first-order chi connectivity index (χ1) is 10.0. The maximum Gasteiger partial charge on any atom is 0.180 e. The summed E-state index contributed by atoms with van der Waals surface area (Å²) in [7, 11) is 0. The lowest BCUT2D eigenvalue weighted by Crippen LogP contribution is -2.00. The maximum absolute atomic E-state index is 11.6. The van der Waals surface area contributed by atoms with Crippen LogP contribution in [0.25, 0.3) is 0 Å². The van der Waals surface area contributed by atoms with Gasteiger partial charge in [0.2, 0.25) is 0 Å². The second-order valence-corrected chi connectivity index (χ2v) is 6.01. The van der Waals surface area contributed by atoms with E-state index in [9.17, 15) is 4.79 Å². The van der Waals surface area contributed by atoms with Gasteiger partial charge in [0.05, 0.1) is 6.20 Å². The highest BCUT2D eigenvalue weighted by molar-refractivity contribution is 9.10. The minimum absolute atomic E-state index is 0.0352. The average Bonchev–Trinajstić information content (AvgIpc) is 2.49. The summed E-state index contributed by atoms with van der Waals surface area (Å²) >= 11 is 3.48. The van der Waals surface area contributed by atoms with E-state index < -0.39 is 0 Å². The van der Waals surface area contributed by atoms with E-state index in [2.05, 4.69) is 40.8 Å². The summed E-state index contributed by atoms with van der Waals surface area (Å²) in [5.74, 6) is 1.83. The zero-order valence-corrected chi connectivity index (χ0v) is 14.0. The number of ketones is 1. The smallest absolute Gasteiger partial charge is 0.180 e. The van der Waals surface area contributed by atoms with Gasteiger partial charge in [0.25, 0.3) is 0 Å². The van der Waals surface area contributed by atoms with E-state index >= 15 is 0 Å². The highest BCUT2D eigenvalue weighted by Crippen LogP contribution is 2.32. The van der Waals surface area contributed by atoms with Gasteiger partial charge in [-0.25, -0.2) is 4.98 Å². The van der Waals surface area contributed by atoms with E-state index in [0.717, 1.165) is 15.8 Å². The SMILES string of the molecule is CCC(=O)c1ccc(Oc2ccc(Br)cc2C(C)C)cn1. The van der Waals surface area contributed by atoms with Crippen LogP contribution in [0.15, 0.2) is 41.0 Å². The number of benzene rings is 1. The van der Waals surface area contributed by atoms with Crippen molar-refractivity contribution in [1.29, 1.82) is 0 Å². The molecule has 0 aliphatic heterocycles. The molecular weight excluding hydrogens is 330 g/mol. The minimum atomic E-state index is 0.0352. The monoisotopic (exact) mass is 347 g/mol. The van der Waals surface area contributed by atoms with Gasteiger partial charge >= 0.3 is 0 Å². The molecule has 0 bridgehead atoms. The predicted octanol–water partition coefficient (Wildman–Crippen LogP) is 5.35. The zero-order valence-electron chi connectivity index (χ0n) is 12.4. The average molecular weight is 348 g/mol. The van der Waals surface area contributed by atoms with Crippen molar-refractivity contribution in [2.45, 2.75) is 33.1 Å². The van der Waals surface area contributed by atoms with E-state index in [-0.39, 0.29) is 5.78 Å². The molecule has 0 N–H and O–H groups in total. The Labute approximate surface area is 133 Å². The van der Waals surface area contributed by atoms with Crippen molar-refractivity contribution in [2.24, 2.45) is 0 Å². The number of aromatic nitrogens is 1. The van der Waals surface area contributed by atoms with Crippen molar-refractivity contribution in [3.05, 3.63) is 52.3 Å². The molecule has 0 aliphatic carbocycles. The van der Waals surface area contributed by atoms with Gasteiger partial charge in [-0.1, -0.05) is 36.7 Å². The highest BCUT2D eigenvalue weighted by Gasteiger charge is 2.10. The minimum Gasteiger partial charge on any atom is -0.455 e. The van der Waals surface area contributed by atoms with E-state index in [1.54, 1.807) is 18.3 Å². The van der Waals surface area contributed by atoms with Crippen molar-refractivity contribution >= 4 is 21.7 Å². The number of hydrogen-bond acceptors (Lipinski definition) is 3. The van der Waals surface area contributed by atoms with Crippen molar-refractivity contribution in [1.82, 2.24) is 4.98 Å². The molecule has 1 aromatic heterocycles. The molecule has 2 aromatic rings. The lowest BCUT2D eigenvalue weighted by Gasteiger charge is -2.14. The molecule has 0 atom stereocenters. The first kappa shape index (κ1) is 15.7. The fourth-order valence-corrected chi connectivity index (χ4v) is 2.36. The standard InChI is InChI=1S/C17H18BrNO2/c1-4-16(20)15-7-6-13(10-19-15)21-17-8-5-12(18)9-14(17)11(2)3/h5-11H,4H2,1-3H3. The Morgan fingerprint density at radius 1 is 1.29 bits per heavy atom. The van der Waals surface area contributed by atoms with Gasteiger partial charge in [-0.05, 0) is 41.8 Å². The third kappa shape index (κ3) is 3.91. The lowest BCUT2D eigenvalue weighted by molar-refractivity contribution is 0.0983. The van der Waals surface area contributed by atoms with Crippen LogP contribution in [0, 0.1) is 0 Å². The number of carbonyl (C=O) groups excluding carboxylic acids is 1. The van der Waals surface area contributed by atoms with Gasteiger partial charge in [0.1, 0.15) is 17.2 Å². The van der Waals surface area contributed by atoms with E-state index in [1.165, 1.54) is 0 Å². The molecule has 0 fully saturated rings. The molecule has 4 heteroatoms. The van der Waals surface area contributed by atoms with E-state index in [4.69, 9.17) is 4.74 Å². The van der Waals surface area contributed by atoms with Crippen molar-refractivity contribution in [2.75, 3.05) is 0 Å². The first-order valence-corrected chi connectivity index (χ1v) is 7.77. The molecular formula is C17H18BrNO2. The van der Waals surface area contributed by atoms with Crippen LogP contribution >= 0.6 is 15.9 Å². The third-order valence-corrected chi connectivity index (χ3v) is 3.66. The molecule has 0 saturated carbocycles. The topological polar surface area (TPSA) is 39.2 Å². The molecule has 0 aliphatic rings. The Bertz CT molecular complexity index is 636. The number of pyridine rings is 1. The van der Waals surface area contributed by atoms with Crippen molar-refractivity contribution in [3.63, 3.8) is 0 Å². The molecule has 3 nitrogen and oxygen atoms in total. The second kappa shape index (κ2) is 6.85. The highest BCUT2D eigenvalue weighted by atomic mass is 79.9. The number of rotatable bonds is 5. The van der Waals surface area contributed by atoms with Gasteiger partial charge in [0.15, 0.2) is 5.78 Å². The lowest BCUT2D eigenvalue weighted by atomic mass is 10.0. The number of ether oxygens (including phenoxy) is 1.